The van der Waals surface area contributed by atoms with Crippen molar-refractivity contribution in [1.29, 1.82) is 0 Å². The normalized spacial score (nSPS) is 14.5. The summed E-state index contributed by atoms with van der Waals surface area (Å²) in [6.45, 7) is 1.42. The van der Waals surface area contributed by atoms with Crippen molar-refractivity contribution in [2.24, 2.45) is 5.92 Å². The van der Waals surface area contributed by atoms with Crippen LogP contribution in [0.1, 0.15) is 19.8 Å². The Balaban J connectivity index is 3.99. The van der Waals surface area contributed by atoms with Crippen LogP contribution in [-0.4, -0.2) is 17.3 Å². The van der Waals surface area contributed by atoms with Gasteiger partial charge >= 0.3 is 12.1 Å². The topological polar surface area (TPSA) is 37.3 Å². The van der Waals surface area contributed by atoms with Gasteiger partial charge in [0.15, 0.2) is 0 Å². The Hall–Kier alpha value is -0.740. The van der Waals surface area contributed by atoms with Gasteiger partial charge in [0.05, 0.1) is 12.3 Å². The number of carboxylic acid groups (broad SMARTS) is 1. The van der Waals surface area contributed by atoms with Gasteiger partial charge in [0, 0.05) is 0 Å². The number of hydrogen-bond acceptors (Lipinski definition) is 1. The van der Waals surface area contributed by atoms with E-state index in [0.717, 1.165) is 0 Å². The third-order valence-corrected chi connectivity index (χ3v) is 1.32. The van der Waals surface area contributed by atoms with E-state index in [1.807, 2.05) is 0 Å². The summed E-state index contributed by atoms with van der Waals surface area (Å²) < 4.78 is 34.8. The minimum absolute atomic E-state index is 0.00877. The minimum Gasteiger partial charge on any atom is -0.481 e. The molecule has 0 aliphatic carbocycles. The fourth-order valence-corrected chi connectivity index (χ4v) is 0.686. The summed E-state index contributed by atoms with van der Waals surface area (Å²) in [7, 11) is 0. The van der Waals surface area contributed by atoms with Crippen LogP contribution in [0.5, 0.6) is 0 Å². The summed E-state index contributed by atoms with van der Waals surface area (Å²) in [4.78, 5) is 10.1. The number of hydrogen-bond donors (Lipinski definition) is 1. The molecule has 11 heavy (non-hydrogen) atoms. The van der Waals surface area contributed by atoms with E-state index in [9.17, 15) is 18.0 Å². The molecule has 0 radical (unpaired) electrons. The first-order valence-electron chi connectivity index (χ1n) is 3.16. The summed E-state index contributed by atoms with van der Waals surface area (Å²) in [5.74, 6) is -2.68. The second-order valence-corrected chi connectivity index (χ2v) is 2.26. The summed E-state index contributed by atoms with van der Waals surface area (Å²) in [6, 6.07) is 0. The Morgan fingerprint density at radius 1 is 1.55 bits per heavy atom. The fraction of sp³-hybridized carbons (Fsp3) is 0.833. The molecule has 0 aliphatic heterocycles. The van der Waals surface area contributed by atoms with Crippen molar-refractivity contribution in [1.82, 2.24) is 0 Å². The maximum absolute atomic E-state index is 11.6. The zero-order valence-corrected chi connectivity index (χ0v) is 5.98. The lowest BCUT2D eigenvalue weighted by molar-refractivity contribution is -0.163. The van der Waals surface area contributed by atoms with Crippen molar-refractivity contribution in [3.63, 3.8) is 0 Å². The first-order chi connectivity index (χ1) is 4.87. The Kier molecular flexibility index (Phi) is 3.35. The maximum atomic E-state index is 11.6. The molecule has 0 aromatic rings. The van der Waals surface area contributed by atoms with E-state index in [2.05, 4.69) is 0 Å². The summed E-state index contributed by atoms with van der Waals surface area (Å²) >= 11 is 0. The average molecular weight is 170 g/mol. The van der Waals surface area contributed by atoms with Gasteiger partial charge in [0.1, 0.15) is 0 Å². The molecule has 0 unspecified atom stereocenters. The van der Waals surface area contributed by atoms with Gasteiger partial charge in [-0.15, -0.1) is 0 Å². The van der Waals surface area contributed by atoms with Gasteiger partial charge in [0.2, 0.25) is 0 Å². The quantitative estimate of drug-likeness (QED) is 0.703. The van der Waals surface area contributed by atoms with Crippen LogP contribution in [0.15, 0.2) is 0 Å². The monoisotopic (exact) mass is 170 g/mol. The molecule has 0 rings (SSSR count). The Labute approximate surface area is 62.0 Å². The van der Waals surface area contributed by atoms with Crippen molar-refractivity contribution in [3.8, 4) is 0 Å². The highest BCUT2D eigenvalue weighted by atomic mass is 19.4. The molecule has 0 saturated carbocycles. The van der Waals surface area contributed by atoms with Gasteiger partial charge in [-0.1, -0.05) is 6.92 Å². The highest BCUT2D eigenvalue weighted by Gasteiger charge is 2.34. The molecule has 0 amide bonds. The molecule has 2 nitrogen and oxygen atoms in total. The lowest BCUT2D eigenvalue weighted by Gasteiger charge is -2.11. The molecule has 0 saturated heterocycles. The van der Waals surface area contributed by atoms with Crippen LogP contribution >= 0.6 is 0 Å². The molecule has 1 N–H and O–H groups in total. The van der Waals surface area contributed by atoms with Gasteiger partial charge in [-0.2, -0.15) is 13.2 Å². The molecular weight excluding hydrogens is 161 g/mol. The lowest BCUT2D eigenvalue weighted by Crippen LogP contribution is -2.21. The zero-order chi connectivity index (χ0) is 9.07. The molecular formula is C6H9F3O2. The molecule has 0 aliphatic rings. The summed E-state index contributed by atoms with van der Waals surface area (Å²) in [5.41, 5.74) is 0. The van der Waals surface area contributed by atoms with Crippen LogP contribution < -0.4 is 0 Å². The van der Waals surface area contributed by atoms with Crippen molar-refractivity contribution < 1.29 is 23.1 Å². The third-order valence-electron chi connectivity index (χ3n) is 1.32. The van der Waals surface area contributed by atoms with E-state index < -0.39 is 24.5 Å². The highest BCUT2D eigenvalue weighted by Crippen LogP contribution is 2.26. The van der Waals surface area contributed by atoms with Crippen LogP contribution in [0, 0.1) is 5.92 Å². The van der Waals surface area contributed by atoms with E-state index in [4.69, 9.17) is 5.11 Å². The van der Waals surface area contributed by atoms with Gasteiger partial charge in [0.25, 0.3) is 0 Å². The molecule has 0 aromatic carbocycles. The fourth-order valence-electron chi connectivity index (χ4n) is 0.686. The van der Waals surface area contributed by atoms with E-state index >= 15 is 0 Å². The van der Waals surface area contributed by atoms with Crippen molar-refractivity contribution in [2.75, 3.05) is 0 Å². The van der Waals surface area contributed by atoms with Gasteiger partial charge < -0.3 is 5.11 Å². The van der Waals surface area contributed by atoms with E-state index in [-0.39, 0.29) is 6.42 Å². The maximum Gasteiger partial charge on any atom is 0.389 e. The summed E-state index contributed by atoms with van der Waals surface area (Å²) in [5, 5.41) is 8.24. The van der Waals surface area contributed by atoms with Crippen LogP contribution in [0.25, 0.3) is 0 Å². The van der Waals surface area contributed by atoms with E-state index in [0.29, 0.717) is 0 Å². The number of carbonyl (C=O) groups is 1. The van der Waals surface area contributed by atoms with Gasteiger partial charge in [-0.05, 0) is 6.42 Å². The molecule has 0 spiro atoms. The molecule has 5 heteroatoms. The van der Waals surface area contributed by atoms with Crippen molar-refractivity contribution in [2.45, 2.75) is 25.9 Å². The molecule has 0 aromatic heterocycles. The zero-order valence-electron chi connectivity index (χ0n) is 5.98. The summed E-state index contributed by atoms with van der Waals surface area (Å²) in [6.07, 6.45) is -5.60. The largest absolute Gasteiger partial charge is 0.481 e. The molecule has 66 valence electrons. The molecule has 0 heterocycles. The van der Waals surface area contributed by atoms with Crippen molar-refractivity contribution >= 4 is 5.97 Å². The van der Waals surface area contributed by atoms with Crippen LogP contribution in [0.4, 0.5) is 13.2 Å². The lowest BCUT2D eigenvalue weighted by atomic mass is 10.0. The molecule has 1 atom stereocenters. The number of rotatable bonds is 3. The predicted molar refractivity (Wildman–Crippen MR) is 32.1 cm³/mol. The predicted octanol–water partition coefficient (Wildman–Crippen LogP) is 2.05. The number of halogens is 3. The number of carboxylic acids is 1. The van der Waals surface area contributed by atoms with Crippen LogP contribution in [0.2, 0.25) is 0 Å². The highest BCUT2D eigenvalue weighted by molar-refractivity contribution is 5.69. The van der Waals surface area contributed by atoms with Gasteiger partial charge in [-0.25, -0.2) is 0 Å². The third kappa shape index (κ3) is 4.64. The average Bonchev–Trinajstić information content (AvgIpc) is 1.80. The Bertz CT molecular complexity index is 141. The first kappa shape index (κ1) is 10.3. The van der Waals surface area contributed by atoms with Crippen LogP contribution in [0.3, 0.4) is 0 Å². The minimum atomic E-state index is -4.38. The van der Waals surface area contributed by atoms with E-state index in [1.165, 1.54) is 6.92 Å². The SMILES string of the molecule is CC[C@H](CC(F)(F)F)C(=O)O. The van der Waals surface area contributed by atoms with Gasteiger partial charge in [-0.3, -0.25) is 4.79 Å². The number of alkyl halides is 3. The van der Waals surface area contributed by atoms with Crippen LogP contribution in [-0.2, 0) is 4.79 Å². The molecule has 0 fully saturated rings. The Morgan fingerprint density at radius 3 is 2.09 bits per heavy atom. The smallest absolute Gasteiger partial charge is 0.389 e. The Morgan fingerprint density at radius 2 is 2.00 bits per heavy atom. The standard InChI is InChI=1S/C6H9F3O2/c1-2-4(5(10)11)3-6(7,8)9/h4H,2-3H2,1H3,(H,10,11)/t4-/m1/s1. The molecule has 0 bridgehead atoms. The number of aliphatic carboxylic acids is 1. The second kappa shape index (κ2) is 3.59. The van der Waals surface area contributed by atoms with Crippen molar-refractivity contribution in [3.05, 3.63) is 0 Å². The first-order valence-corrected chi connectivity index (χ1v) is 3.16. The second-order valence-electron chi connectivity index (χ2n) is 2.26. The van der Waals surface area contributed by atoms with E-state index in [1.54, 1.807) is 0 Å².